The van der Waals surface area contributed by atoms with Gasteiger partial charge in [-0.05, 0) is 12.1 Å². The molecule has 0 bridgehead atoms. The Morgan fingerprint density at radius 3 is 2.12 bits per heavy atom. The lowest BCUT2D eigenvalue weighted by atomic mass is 10.2. The van der Waals surface area contributed by atoms with E-state index in [9.17, 15) is 19.7 Å². The van der Waals surface area contributed by atoms with Crippen LogP contribution in [0.15, 0.2) is 24.3 Å². The van der Waals surface area contributed by atoms with Crippen LogP contribution in [0.25, 0.3) is 0 Å². The molecular formula is C15H20N4O5. The fraction of sp³-hybridized carbons (Fsp3) is 0.467. The molecule has 2 N–H and O–H groups in total. The van der Waals surface area contributed by atoms with Crippen molar-refractivity contribution in [2.24, 2.45) is 5.73 Å². The normalized spacial score (nSPS) is 14.4. The first-order valence-corrected chi connectivity index (χ1v) is 7.64. The van der Waals surface area contributed by atoms with Crippen molar-refractivity contribution >= 4 is 17.5 Å². The molecule has 2 amide bonds. The highest BCUT2D eigenvalue weighted by Gasteiger charge is 2.23. The van der Waals surface area contributed by atoms with E-state index in [4.69, 9.17) is 10.5 Å². The van der Waals surface area contributed by atoms with Gasteiger partial charge in [0.1, 0.15) is 5.75 Å². The number of amides is 2. The van der Waals surface area contributed by atoms with Crippen LogP contribution < -0.4 is 10.5 Å². The summed E-state index contributed by atoms with van der Waals surface area (Å²) in [6, 6.07) is 5.55. The van der Waals surface area contributed by atoms with Crippen LogP contribution in [-0.4, -0.2) is 65.9 Å². The fourth-order valence-electron chi connectivity index (χ4n) is 2.39. The van der Waals surface area contributed by atoms with E-state index in [1.807, 2.05) is 0 Å². The van der Waals surface area contributed by atoms with Gasteiger partial charge in [-0.25, -0.2) is 0 Å². The molecule has 1 aromatic rings. The summed E-state index contributed by atoms with van der Waals surface area (Å²) in [5, 5.41) is 10.6. The number of carbonyl (C=O) groups is 2. The quantitative estimate of drug-likeness (QED) is 0.576. The number of nitrogens with zero attached hydrogens (tertiary/aromatic N) is 3. The minimum atomic E-state index is -0.500. The maximum Gasteiger partial charge on any atom is 0.269 e. The first-order valence-electron chi connectivity index (χ1n) is 7.64. The molecule has 2 rings (SSSR count). The summed E-state index contributed by atoms with van der Waals surface area (Å²) in [4.78, 5) is 37.3. The molecule has 1 aliphatic rings. The third-order valence-electron chi connectivity index (χ3n) is 3.75. The third-order valence-corrected chi connectivity index (χ3v) is 3.75. The molecule has 0 unspecified atom stereocenters. The first kappa shape index (κ1) is 17.7. The summed E-state index contributed by atoms with van der Waals surface area (Å²) >= 11 is 0. The molecule has 24 heavy (non-hydrogen) atoms. The van der Waals surface area contributed by atoms with Gasteiger partial charge in [0.25, 0.3) is 11.6 Å². The number of nitro groups is 1. The Morgan fingerprint density at radius 1 is 1.08 bits per heavy atom. The molecule has 0 aromatic heterocycles. The number of carbonyl (C=O) groups excluding carboxylic acids is 2. The molecule has 9 heteroatoms. The van der Waals surface area contributed by atoms with E-state index in [0.29, 0.717) is 44.9 Å². The predicted molar refractivity (Wildman–Crippen MR) is 85.4 cm³/mol. The number of non-ortho nitro benzene ring substituents is 1. The molecule has 1 fully saturated rings. The Hall–Kier alpha value is -2.68. The van der Waals surface area contributed by atoms with Gasteiger partial charge in [-0.1, -0.05) is 0 Å². The second-order valence-electron chi connectivity index (χ2n) is 5.34. The number of ether oxygens (including phenoxy) is 1. The van der Waals surface area contributed by atoms with Gasteiger partial charge in [-0.2, -0.15) is 0 Å². The van der Waals surface area contributed by atoms with Crippen molar-refractivity contribution in [1.29, 1.82) is 0 Å². The summed E-state index contributed by atoms with van der Waals surface area (Å²) in [7, 11) is 0. The lowest BCUT2D eigenvalue weighted by molar-refractivity contribution is -0.384. The second-order valence-corrected chi connectivity index (χ2v) is 5.34. The largest absolute Gasteiger partial charge is 0.484 e. The van der Waals surface area contributed by atoms with Gasteiger partial charge in [0, 0.05) is 51.3 Å². The van der Waals surface area contributed by atoms with Crippen LogP contribution in [0.3, 0.4) is 0 Å². The first-order chi connectivity index (χ1) is 11.5. The second kappa shape index (κ2) is 8.25. The van der Waals surface area contributed by atoms with Gasteiger partial charge >= 0.3 is 0 Å². The Balaban J connectivity index is 1.77. The Kier molecular flexibility index (Phi) is 6.07. The van der Waals surface area contributed by atoms with Gasteiger partial charge in [0.2, 0.25) is 5.91 Å². The van der Waals surface area contributed by atoms with Crippen LogP contribution in [-0.2, 0) is 9.59 Å². The topological polar surface area (TPSA) is 119 Å². The van der Waals surface area contributed by atoms with Gasteiger partial charge in [0.05, 0.1) is 4.92 Å². The van der Waals surface area contributed by atoms with Crippen molar-refractivity contribution in [2.45, 2.75) is 6.42 Å². The zero-order chi connectivity index (χ0) is 17.5. The predicted octanol–water partition coefficient (Wildman–Crippen LogP) is -0.00680. The van der Waals surface area contributed by atoms with Crippen LogP contribution >= 0.6 is 0 Å². The number of hydrogen-bond acceptors (Lipinski definition) is 6. The molecule has 9 nitrogen and oxygen atoms in total. The van der Waals surface area contributed by atoms with Crippen molar-refractivity contribution < 1.29 is 19.2 Å². The lowest BCUT2D eigenvalue weighted by Crippen LogP contribution is -2.51. The maximum atomic E-state index is 12.1. The summed E-state index contributed by atoms with van der Waals surface area (Å²) in [5.41, 5.74) is 5.33. The van der Waals surface area contributed by atoms with E-state index in [1.54, 1.807) is 9.80 Å². The van der Waals surface area contributed by atoms with Crippen molar-refractivity contribution in [2.75, 3.05) is 39.3 Å². The molecule has 130 valence electrons. The Bertz CT molecular complexity index is 596. The number of hydrogen-bond donors (Lipinski definition) is 1. The van der Waals surface area contributed by atoms with E-state index < -0.39 is 4.92 Å². The fourth-order valence-corrected chi connectivity index (χ4v) is 2.39. The monoisotopic (exact) mass is 336 g/mol. The van der Waals surface area contributed by atoms with Crippen LogP contribution in [0.2, 0.25) is 0 Å². The zero-order valence-electron chi connectivity index (χ0n) is 13.2. The van der Waals surface area contributed by atoms with Crippen molar-refractivity contribution in [3.8, 4) is 5.75 Å². The average Bonchev–Trinajstić information content (AvgIpc) is 2.60. The number of piperazine rings is 1. The molecule has 1 saturated heterocycles. The Labute approximate surface area is 139 Å². The lowest BCUT2D eigenvalue weighted by Gasteiger charge is -2.34. The van der Waals surface area contributed by atoms with Crippen molar-refractivity contribution in [1.82, 2.24) is 9.80 Å². The molecule has 0 saturated carbocycles. The highest BCUT2D eigenvalue weighted by Crippen LogP contribution is 2.17. The van der Waals surface area contributed by atoms with Gasteiger partial charge < -0.3 is 20.3 Å². The molecule has 1 aromatic carbocycles. The van der Waals surface area contributed by atoms with E-state index in [2.05, 4.69) is 0 Å². The SMILES string of the molecule is NCCC(=O)N1CCN(C(=O)COc2ccc([N+](=O)[O-])cc2)CC1. The summed E-state index contributed by atoms with van der Waals surface area (Å²) in [6.45, 7) is 2.07. The minimum absolute atomic E-state index is 0.00623. The van der Waals surface area contributed by atoms with Crippen molar-refractivity contribution in [3.63, 3.8) is 0 Å². The molecule has 0 atom stereocenters. The van der Waals surface area contributed by atoms with Gasteiger partial charge in [-0.15, -0.1) is 0 Å². The van der Waals surface area contributed by atoms with Crippen LogP contribution in [0.1, 0.15) is 6.42 Å². The molecule has 0 aliphatic carbocycles. The van der Waals surface area contributed by atoms with Crippen LogP contribution in [0.4, 0.5) is 5.69 Å². The Morgan fingerprint density at radius 2 is 1.62 bits per heavy atom. The smallest absolute Gasteiger partial charge is 0.269 e. The minimum Gasteiger partial charge on any atom is -0.484 e. The standard InChI is InChI=1S/C15H20N4O5/c16-6-5-14(20)17-7-9-18(10-8-17)15(21)11-24-13-3-1-12(2-4-13)19(22)23/h1-4H,5-11,16H2. The highest BCUT2D eigenvalue weighted by atomic mass is 16.6. The number of benzene rings is 1. The van der Waals surface area contributed by atoms with Gasteiger partial charge in [-0.3, -0.25) is 19.7 Å². The van der Waals surface area contributed by atoms with Crippen molar-refractivity contribution in [3.05, 3.63) is 34.4 Å². The van der Waals surface area contributed by atoms with E-state index in [0.717, 1.165) is 0 Å². The summed E-state index contributed by atoms with van der Waals surface area (Å²) in [5.74, 6) is 0.219. The van der Waals surface area contributed by atoms with Crippen LogP contribution in [0, 0.1) is 10.1 Å². The molecule has 0 spiro atoms. The van der Waals surface area contributed by atoms with Crippen LogP contribution in [0.5, 0.6) is 5.75 Å². The molecule has 0 radical (unpaired) electrons. The maximum absolute atomic E-state index is 12.1. The van der Waals surface area contributed by atoms with Gasteiger partial charge in [0.15, 0.2) is 6.61 Å². The average molecular weight is 336 g/mol. The third kappa shape index (κ3) is 4.66. The number of nitro benzene ring substituents is 1. The zero-order valence-corrected chi connectivity index (χ0v) is 13.2. The molecule has 1 aliphatic heterocycles. The number of nitrogens with two attached hydrogens (primary N) is 1. The summed E-state index contributed by atoms with van der Waals surface area (Å²) < 4.78 is 5.36. The van der Waals surface area contributed by atoms with E-state index in [1.165, 1.54) is 24.3 Å². The van der Waals surface area contributed by atoms with E-state index >= 15 is 0 Å². The molecule has 1 heterocycles. The number of rotatable bonds is 6. The molecular weight excluding hydrogens is 316 g/mol. The summed E-state index contributed by atoms with van der Waals surface area (Å²) in [6.07, 6.45) is 0.317. The van der Waals surface area contributed by atoms with E-state index in [-0.39, 0.29) is 24.1 Å². The highest BCUT2D eigenvalue weighted by molar-refractivity contribution is 5.79.